The largest absolute Gasteiger partial charge is 0.619 e. The zero-order valence-corrected chi connectivity index (χ0v) is 12.5. The fourth-order valence-corrected chi connectivity index (χ4v) is 2.88. The molecule has 0 saturated heterocycles. The highest BCUT2D eigenvalue weighted by Crippen LogP contribution is 2.31. The first-order valence-electron chi connectivity index (χ1n) is 5.67. The van der Waals surface area contributed by atoms with Crippen LogP contribution >= 0.6 is 34.8 Å². The fraction of sp³-hybridized carbons (Fsp3) is 0. The van der Waals surface area contributed by atoms with Crippen molar-refractivity contribution < 1.29 is 4.73 Å². The Labute approximate surface area is 134 Å². The molecule has 0 spiro atoms. The van der Waals surface area contributed by atoms with E-state index in [1.165, 1.54) is 29.2 Å². The Morgan fingerprint density at radius 1 is 1.14 bits per heavy atom. The Bertz CT molecular complexity index is 891. The number of nitriles is 1. The zero-order chi connectivity index (χ0) is 15.1. The molecule has 3 rings (SSSR count). The molecule has 2 aromatic heterocycles. The molecular weight excluding hydrogens is 335 g/mol. The van der Waals surface area contributed by atoms with Crippen molar-refractivity contribution in [3.8, 4) is 11.8 Å². The molecule has 104 valence electrons. The van der Waals surface area contributed by atoms with Crippen molar-refractivity contribution in [1.82, 2.24) is 9.78 Å². The second kappa shape index (κ2) is 5.08. The van der Waals surface area contributed by atoms with E-state index >= 15 is 0 Å². The van der Waals surface area contributed by atoms with Crippen LogP contribution in [-0.4, -0.2) is 9.78 Å². The molecule has 3 aromatic rings. The van der Waals surface area contributed by atoms with Gasteiger partial charge in [0.2, 0.25) is 6.20 Å². The maximum absolute atomic E-state index is 11.4. The first-order valence-corrected chi connectivity index (χ1v) is 6.80. The number of rotatable bonds is 1. The van der Waals surface area contributed by atoms with Crippen molar-refractivity contribution in [3.05, 3.63) is 56.6 Å². The van der Waals surface area contributed by atoms with Crippen molar-refractivity contribution in [1.29, 1.82) is 5.26 Å². The van der Waals surface area contributed by atoms with Crippen LogP contribution in [0.1, 0.15) is 5.56 Å². The van der Waals surface area contributed by atoms with Crippen LogP contribution in [0.3, 0.4) is 0 Å². The summed E-state index contributed by atoms with van der Waals surface area (Å²) in [7, 11) is 0. The number of aromatic nitrogens is 3. The van der Waals surface area contributed by atoms with E-state index in [-0.39, 0.29) is 15.1 Å². The van der Waals surface area contributed by atoms with Crippen molar-refractivity contribution in [2.75, 3.05) is 0 Å². The normalized spacial score (nSPS) is 10.8. The van der Waals surface area contributed by atoms with Gasteiger partial charge in [-0.1, -0.05) is 34.8 Å². The lowest BCUT2D eigenvalue weighted by Gasteiger charge is -2.07. The second-order valence-electron chi connectivity index (χ2n) is 4.24. The van der Waals surface area contributed by atoms with Gasteiger partial charge in [0, 0.05) is 6.20 Å². The van der Waals surface area contributed by atoms with Gasteiger partial charge in [0.1, 0.15) is 16.2 Å². The molecular formula is C13H5Cl3N4O. The predicted octanol–water partition coefficient (Wildman–Crippen LogP) is 3.49. The summed E-state index contributed by atoms with van der Waals surface area (Å²) in [6.07, 6.45) is 4.15. The van der Waals surface area contributed by atoms with Crippen molar-refractivity contribution in [3.63, 3.8) is 0 Å². The minimum absolute atomic E-state index is 0.224. The number of nitrogens with zero attached hydrogens (tertiary/aromatic N) is 4. The fourth-order valence-electron chi connectivity index (χ4n) is 1.98. The lowest BCUT2D eigenvalue weighted by atomic mass is 10.2. The van der Waals surface area contributed by atoms with Gasteiger partial charge < -0.3 is 5.21 Å². The van der Waals surface area contributed by atoms with E-state index in [9.17, 15) is 5.21 Å². The first kappa shape index (κ1) is 14.0. The maximum atomic E-state index is 11.4. The lowest BCUT2D eigenvalue weighted by Crippen LogP contribution is -2.23. The second-order valence-corrected chi connectivity index (χ2v) is 5.47. The van der Waals surface area contributed by atoms with Crippen LogP contribution in [0.5, 0.6) is 0 Å². The van der Waals surface area contributed by atoms with Gasteiger partial charge in [-0.3, -0.25) is 0 Å². The monoisotopic (exact) mass is 338 g/mol. The van der Waals surface area contributed by atoms with E-state index in [0.717, 1.165) is 0 Å². The number of hydrogen-bond donors (Lipinski definition) is 0. The van der Waals surface area contributed by atoms with Crippen molar-refractivity contribution >= 4 is 45.7 Å². The van der Waals surface area contributed by atoms with Gasteiger partial charge in [-0.2, -0.15) is 15.1 Å². The highest BCUT2D eigenvalue weighted by Gasteiger charge is 2.15. The van der Waals surface area contributed by atoms with E-state index in [0.29, 0.717) is 26.9 Å². The quantitative estimate of drug-likeness (QED) is 0.503. The lowest BCUT2D eigenvalue weighted by molar-refractivity contribution is -0.603. The average Bonchev–Trinajstić information content (AvgIpc) is 2.81. The third kappa shape index (κ3) is 2.38. The minimum Gasteiger partial charge on any atom is -0.619 e. The van der Waals surface area contributed by atoms with Crippen LogP contribution in [0.15, 0.2) is 30.7 Å². The van der Waals surface area contributed by atoms with Crippen molar-refractivity contribution in [2.45, 2.75) is 0 Å². The van der Waals surface area contributed by atoms with Crippen LogP contribution < -0.4 is 4.73 Å². The number of fused-ring (bicyclic) bond motifs is 1. The zero-order valence-electron chi connectivity index (χ0n) is 10.2. The highest BCUT2D eigenvalue weighted by atomic mass is 35.5. The summed E-state index contributed by atoms with van der Waals surface area (Å²) >= 11 is 18.3. The van der Waals surface area contributed by atoms with E-state index in [2.05, 4.69) is 5.10 Å². The van der Waals surface area contributed by atoms with Gasteiger partial charge in [0.15, 0.2) is 6.20 Å². The molecule has 0 amide bonds. The average molecular weight is 340 g/mol. The summed E-state index contributed by atoms with van der Waals surface area (Å²) in [6.45, 7) is 0. The molecule has 0 aliphatic heterocycles. The van der Waals surface area contributed by atoms with Gasteiger partial charge in [-0.25, -0.2) is 4.68 Å². The van der Waals surface area contributed by atoms with Gasteiger partial charge in [-0.15, -0.1) is 0 Å². The molecule has 0 fully saturated rings. The summed E-state index contributed by atoms with van der Waals surface area (Å²) < 4.78 is 2.03. The Hall–Kier alpha value is -2.00. The molecule has 0 radical (unpaired) electrons. The molecule has 21 heavy (non-hydrogen) atoms. The van der Waals surface area contributed by atoms with Crippen LogP contribution in [0.25, 0.3) is 16.6 Å². The molecule has 8 heteroatoms. The van der Waals surface area contributed by atoms with E-state index < -0.39 is 0 Å². The Morgan fingerprint density at radius 3 is 2.43 bits per heavy atom. The standard InChI is InChI=1S/C13H5Cl3N4O/c14-9-1-7(3-17)2-10(15)13(9)20-5-8-4-19(21)6-11(16)12(8)18-20/h1-2,4-6H. The topological polar surface area (TPSA) is 68.5 Å². The summed E-state index contributed by atoms with van der Waals surface area (Å²) in [5.74, 6) is 0. The maximum Gasteiger partial charge on any atom is 0.201 e. The summed E-state index contributed by atoms with van der Waals surface area (Å²) in [5.41, 5.74) is 1.23. The van der Waals surface area contributed by atoms with Crippen LogP contribution in [-0.2, 0) is 0 Å². The molecule has 1 aromatic carbocycles. The molecule has 0 aliphatic carbocycles. The summed E-state index contributed by atoms with van der Waals surface area (Å²) in [6, 6.07) is 4.95. The highest BCUT2D eigenvalue weighted by molar-refractivity contribution is 6.38. The Balaban J connectivity index is 2.27. The predicted molar refractivity (Wildman–Crippen MR) is 79.8 cm³/mol. The molecule has 5 nitrogen and oxygen atoms in total. The third-order valence-electron chi connectivity index (χ3n) is 2.85. The summed E-state index contributed by atoms with van der Waals surface area (Å²) in [4.78, 5) is 0. The van der Waals surface area contributed by atoms with Crippen LogP contribution in [0.2, 0.25) is 15.1 Å². The Kier molecular flexibility index (Phi) is 3.38. The number of halogens is 3. The van der Waals surface area contributed by atoms with Gasteiger partial charge >= 0.3 is 0 Å². The first-order chi connectivity index (χ1) is 9.99. The third-order valence-corrected chi connectivity index (χ3v) is 3.70. The molecule has 0 atom stereocenters. The summed E-state index contributed by atoms with van der Waals surface area (Å²) in [5, 5.41) is 25.9. The Morgan fingerprint density at radius 2 is 1.81 bits per heavy atom. The van der Waals surface area contributed by atoms with Crippen LogP contribution in [0.4, 0.5) is 0 Å². The van der Waals surface area contributed by atoms with Gasteiger partial charge in [0.05, 0.1) is 27.1 Å². The van der Waals surface area contributed by atoms with E-state index in [4.69, 9.17) is 40.1 Å². The molecule has 2 heterocycles. The molecule has 0 bridgehead atoms. The molecule has 0 N–H and O–H groups in total. The van der Waals surface area contributed by atoms with E-state index in [1.807, 2.05) is 6.07 Å². The van der Waals surface area contributed by atoms with E-state index in [1.54, 1.807) is 6.20 Å². The van der Waals surface area contributed by atoms with Crippen molar-refractivity contribution in [2.24, 2.45) is 0 Å². The molecule has 0 aliphatic rings. The number of hydrogen-bond acceptors (Lipinski definition) is 3. The molecule has 0 saturated carbocycles. The number of benzene rings is 1. The van der Waals surface area contributed by atoms with Gasteiger partial charge in [0.25, 0.3) is 0 Å². The minimum atomic E-state index is 0.224. The number of pyridine rings is 1. The van der Waals surface area contributed by atoms with Gasteiger partial charge in [-0.05, 0) is 12.1 Å². The molecule has 0 unspecified atom stereocenters. The smallest absolute Gasteiger partial charge is 0.201 e. The van der Waals surface area contributed by atoms with Crippen LogP contribution in [0, 0.1) is 16.5 Å². The SMILES string of the molecule is N#Cc1cc(Cl)c(-n2cc3c[n+]([O-])cc(Cl)c3n2)c(Cl)c1.